The molecule has 106 valence electrons. The van der Waals surface area contributed by atoms with Gasteiger partial charge in [-0.2, -0.15) is 0 Å². The van der Waals surface area contributed by atoms with E-state index in [4.69, 9.17) is 11.6 Å². The van der Waals surface area contributed by atoms with Crippen LogP contribution < -0.4 is 11.2 Å². The molecule has 20 heavy (non-hydrogen) atoms. The van der Waals surface area contributed by atoms with E-state index in [1.807, 2.05) is 25.5 Å². The average Bonchev–Trinajstić information content (AvgIpc) is 2.64. The Balaban J connectivity index is 2.37. The maximum atomic E-state index is 12.2. The molecule has 1 N–H and O–H groups in total. The Morgan fingerprint density at radius 2 is 2.00 bits per heavy atom. The minimum Gasteiger partial charge on any atom is -0.351 e. The van der Waals surface area contributed by atoms with Crippen LogP contribution in [0.1, 0.15) is 21.7 Å². The first-order chi connectivity index (χ1) is 9.31. The number of hydrogen-bond acceptors (Lipinski definition) is 3. The first kappa shape index (κ1) is 14.3. The van der Waals surface area contributed by atoms with E-state index in [1.54, 1.807) is 6.07 Å². The van der Waals surface area contributed by atoms with Gasteiger partial charge in [0, 0.05) is 30.2 Å². The monoisotopic (exact) mass is 295 g/mol. The van der Waals surface area contributed by atoms with Crippen LogP contribution in [-0.4, -0.2) is 19.9 Å². The van der Waals surface area contributed by atoms with E-state index < -0.39 is 11.2 Å². The van der Waals surface area contributed by atoms with Gasteiger partial charge >= 0.3 is 5.69 Å². The van der Waals surface area contributed by atoms with E-state index in [-0.39, 0.29) is 17.4 Å². The Bertz CT molecular complexity index is 798. The van der Waals surface area contributed by atoms with Gasteiger partial charge in [-0.25, -0.2) is 4.79 Å². The topological polar surface area (TPSA) is 76.9 Å². The number of H-pyrrole nitrogens is 1. The molecular formula is C13H14ClN3O3. The van der Waals surface area contributed by atoms with Crippen molar-refractivity contribution in [2.75, 3.05) is 0 Å². The fourth-order valence-electron chi connectivity index (χ4n) is 1.98. The molecule has 0 saturated carbocycles. The van der Waals surface area contributed by atoms with Gasteiger partial charge in [0.25, 0.3) is 5.56 Å². The highest BCUT2D eigenvalue weighted by Crippen LogP contribution is 2.14. The third kappa shape index (κ3) is 2.46. The van der Waals surface area contributed by atoms with E-state index >= 15 is 0 Å². The number of ketones is 1. The fourth-order valence-corrected chi connectivity index (χ4v) is 2.14. The molecule has 0 spiro atoms. The second-order valence-corrected chi connectivity index (χ2v) is 5.04. The molecule has 2 rings (SSSR count). The van der Waals surface area contributed by atoms with Crippen molar-refractivity contribution in [1.29, 1.82) is 0 Å². The van der Waals surface area contributed by atoms with E-state index in [0.717, 1.165) is 16.0 Å². The predicted octanol–water partition coefficient (Wildman–Crippen LogP) is 1.03. The number of nitrogens with zero attached hydrogens (tertiary/aromatic N) is 2. The quantitative estimate of drug-likeness (QED) is 0.859. The Morgan fingerprint density at radius 3 is 2.55 bits per heavy atom. The zero-order valence-corrected chi connectivity index (χ0v) is 12.1. The molecule has 7 heteroatoms. The Kier molecular flexibility index (Phi) is 3.67. The third-order valence-electron chi connectivity index (χ3n) is 3.36. The first-order valence-electron chi connectivity index (χ1n) is 5.96. The molecule has 0 aliphatic rings. The van der Waals surface area contributed by atoms with Gasteiger partial charge in [-0.15, -0.1) is 0 Å². The highest BCUT2D eigenvalue weighted by Gasteiger charge is 2.15. The molecule has 0 amide bonds. The summed E-state index contributed by atoms with van der Waals surface area (Å²) in [5.74, 6) is -0.212. The lowest BCUT2D eigenvalue weighted by Gasteiger charge is -2.05. The number of aryl methyl sites for hydroxylation is 1. The molecule has 2 heterocycles. The number of halogens is 1. The Labute approximate surface area is 119 Å². The summed E-state index contributed by atoms with van der Waals surface area (Å²) in [7, 11) is 1.87. The maximum absolute atomic E-state index is 12.2. The summed E-state index contributed by atoms with van der Waals surface area (Å²) in [6.45, 7) is 3.56. The van der Waals surface area contributed by atoms with Crippen molar-refractivity contribution in [1.82, 2.24) is 14.1 Å². The minimum atomic E-state index is -0.660. The fraction of sp³-hybridized carbons (Fsp3) is 0.308. The van der Waals surface area contributed by atoms with Crippen molar-refractivity contribution in [3.05, 3.63) is 55.1 Å². The standard InChI is InChI=1S/C13H14ClN3O3/c1-7-4-9(8(2)16(7)3)11(18)6-17-5-10(14)12(19)15-13(17)20/h4-5H,6H2,1-3H3,(H,15,19,20). The van der Waals surface area contributed by atoms with Crippen molar-refractivity contribution in [3.8, 4) is 0 Å². The highest BCUT2D eigenvalue weighted by atomic mass is 35.5. The summed E-state index contributed by atoms with van der Waals surface area (Å²) in [5, 5.41) is -0.127. The van der Waals surface area contributed by atoms with Crippen LogP contribution in [0.3, 0.4) is 0 Å². The van der Waals surface area contributed by atoms with E-state index in [0.29, 0.717) is 5.56 Å². The molecular weight excluding hydrogens is 282 g/mol. The van der Waals surface area contributed by atoms with Gasteiger partial charge in [0.15, 0.2) is 5.78 Å². The normalized spacial score (nSPS) is 10.8. The van der Waals surface area contributed by atoms with Gasteiger partial charge in [0.1, 0.15) is 5.02 Å². The van der Waals surface area contributed by atoms with Crippen LogP contribution >= 0.6 is 11.6 Å². The van der Waals surface area contributed by atoms with Crippen LogP contribution in [0.15, 0.2) is 21.9 Å². The summed E-state index contributed by atoms with van der Waals surface area (Å²) in [6.07, 6.45) is 1.17. The van der Waals surface area contributed by atoms with Crippen molar-refractivity contribution < 1.29 is 4.79 Å². The van der Waals surface area contributed by atoms with Gasteiger partial charge in [-0.1, -0.05) is 11.6 Å². The third-order valence-corrected chi connectivity index (χ3v) is 3.63. The zero-order valence-electron chi connectivity index (χ0n) is 11.4. The molecule has 2 aromatic heterocycles. The van der Waals surface area contributed by atoms with Gasteiger partial charge in [-0.05, 0) is 19.9 Å². The Morgan fingerprint density at radius 1 is 1.35 bits per heavy atom. The number of rotatable bonds is 3. The molecule has 6 nitrogen and oxygen atoms in total. The molecule has 0 atom stereocenters. The summed E-state index contributed by atoms with van der Waals surface area (Å²) in [5.41, 5.74) is 1.03. The zero-order chi connectivity index (χ0) is 15.0. The van der Waals surface area contributed by atoms with Crippen LogP contribution in [0.25, 0.3) is 0 Å². The smallest absolute Gasteiger partial charge is 0.328 e. The number of Topliss-reactive ketones (excluding diaryl/α,β-unsaturated/α-hetero) is 1. The van der Waals surface area contributed by atoms with Crippen molar-refractivity contribution >= 4 is 17.4 Å². The first-order valence-corrected chi connectivity index (χ1v) is 6.34. The molecule has 0 bridgehead atoms. The Hall–Kier alpha value is -2.08. The number of aromatic amines is 1. The second kappa shape index (κ2) is 5.13. The lowest BCUT2D eigenvalue weighted by atomic mass is 10.1. The number of carbonyl (C=O) groups excluding carboxylic acids is 1. The van der Waals surface area contributed by atoms with Gasteiger partial charge < -0.3 is 4.57 Å². The maximum Gasteiger partial charge on any atom is 0.328 e. The molecule has 0 unspecified atom stereocenters. The van der Waals surface area contributed by atoms with Gasteiger partial charge in [0.05, 0.1) is 6.54 Å². The molecule has 0 aromatic carbocycles. The second-order valence-electron chi connectivity index (χ2n) is 4.63. The number of carbonyl (C=O) groups is 1. The molecule has 0 saturated heterocycles. The number of hydrogen-bond donors (Lipinski definition) is 1. The largest absolute Gasteiger partial charge is 0.351 e. The molecule has 2 aromatic rings. The summed E-state index contributed by atoms with van der Waals surface area (Å²) in [6, 6.07) is 1.77. The predicted molar refractivity (Wildman–Crippen MR) is 75.6 cm³/mol. The summed E-state index contributed by atoms with van der Waals surface area (Å²) < 4.78 is 2.99. The average molecular weight is 296 g/mol. The van der Waals surface area contributed by atoms with Crippen LogP contribution in [0.5, 0.6) is 0 Å². The number of aromatic nitrogens is 3. The van der Waals surface area contributed by atoms with Crippen molar-refractivity contribution in [3.63, 3.8) is 0 Å². The van der Waals surface area contributed by atoms with Crippen molar-refractivity contribution in [2.45, 2.75) is 20.4 Å². The SMILES string of the molecule is Cc1cc(C(=O)Cn2cc(Cl)c(=O)[nH]c2=O)c(C)n1C. The van der Waals surface area contributed by atoms with Crippen molar-refractivity contribution in [2.24, 2.45) is 7.05 Å². The highest BCUT2D eigenvalue weighted by molar-refractivity contribution is 6.30. The molecule has 0 fully saturated rings. The molecule has 0 aliphatic carbocycles. The van der Waals surface area contributed by atoms with Gasteiger partial charge in [0.2, 0.25) is 0 Å². The minimum absolute atomic E-state index is 0.127. The summed E-state index contributed by atoms with van der Waals surface area (Å²) in [4.78, 5) is 37.1. The molecule has 0 aliphatic heterocycles. The summed E-state index contributed by atoms with van der Waals surface area (Å²) >= 11 is 5.66. The van der Waals surface area contributed by atoms with E-state index in [2.05, 4.69) is 4.98 Å². The van der Waals surface area contributed by atoms with Crippen LogP contribution in [0.4, 0.5) is 0 Å². The van der Waals surface area contributed by atoms with Crippen LogP contribution in [-0.2, 0) is 13.6 Å². The lowest BCUT2D eigenvalue weighted by molar-refractivity contribution is 0.0969. The lowest BCUT2D eigenvalue weighted by Crippen LogP contribution is -2.31. The van der Waals surface area contributed by atoms with Crippen LogP contribution in [0.2, 0.25) is 5.02 Å². The van der Waals surface area contributed by atoms with E-state index in [9.17, 15) is 14.4 Å². The van der Waals surface area contributed by atoms with E-state index in [1.165, 1.54) is 6.20 Å². The van der Waals surface area contributed by atoms with Gasteiger partial charge in [-0.3, -0.25) is 19.1 Å². The van der Waals surface area contributed by atoms with Crippen LogP contribution in [0, 0.1) is 13.8 Å². The number of nitrogens with one attached hydrogen (secondary N) is 1. The molecule has 0 radical (unpaired) electrons.